The lowest BCUT2D eigenvalue weighted by Crippen LogP contribution is -2.24. The zero-order chi connectivity index (χ0) is 24.8. The van der Waals surface area contributed by atoms with Crippen LogP contribution in [0, 0.1) is 0 Å². The maximum Gasteiger partial charge on any atom is 0.157 e. The summed E-state index contributed by atoms with van der Waals surface area (Å²) in [6.07, 6.45) is 6.14. The van der Waals surface area contributed by atoms with Crippen molar-refractivity contribution in [2.45, 2.75) is 37.4 Å². The molecule has 0 aromatic heterocycles. The third-order valence-electron chi connectivity index (χ3n) is 6.09. The van der Waals surface area contributed by atoms with Crippen LogP contribution in [-0.4, -0.2) is 39.3 Å². The van der Waals surface area contributed by atoms with Crippen LogP contribution in [0.5, 0.6) is 5.75 Å². The van der Waals surface area contributed by atoms with Crippen LogP contribution in [0.2, 0.25) is 0 Å². The van der Waals surface area contributed by atoms with Gasteiger partial charge in [-0.1, -0.05) is 78.9 Å². The molecule has 1 saturated heterocycles. The second kappa shape index (κ2) is 14.8. The minimum atomic E-state index is -0.148. The highest BCUT2D eigenvalue weighted by molar-refractivity contribution is 6.21. The van der Waals surface area contributed by atoms with E-state index in [-0.39, 0.29) is 11.7 Å². The SMILES string of the molecule is ClC(C/C(=C/c1ccccc1)c1ccccc1)c1ccc(OCCOCCOC2CCCCO2)cc1. The fourth-order valence-electron chi connectivity index (χ4n) is 4.15. The average Bonchev–Trinajstić information content (AvgIpc) is 2.94. The standard InChI is InChI=1S/C31H35ClO4/c32-30(24-28(26-11-5-2-6-12-26)23-25-9-3-1-4-10-25)27-14-16-29(17-15-27)34-21-19-33-20-22-36-31-13-7-8-18-35-31/h1-6,9-12,14-17,23,30-31H,7-8,13,18-22,24H2/b28-23-. The molecule has 0 N–H and O–H groups in total. The van der Waals surface area contributed by atoms with Crippen LogP contribution >= 0.6 is 11.6 Å². The fraction of sp³-hybridized carbons (Fsp3) is 0.355. The van der Waals surface area contributed by atoms with Crippen molar-refractivity contribution < 1.29 is 18.9 Å². The number of hydrogen-bond acceptors (Lipinski definition) is 4. The molecule has 0 spiro atoms. The van der Waals surface area contributed by atoms with Gasteiger partial charge in [0.05, 0.1) is 25.2 Å². The lowest BCUT2D eigenvalue weighted by atomic mass is 9.96. The van der Waals surface area contributed by atoms with Crippen molar-refractivity contribution in [3.05, 3.63) is 102 Å². The van der Waals surface area contributed by atoms with Crippen molar-refractivity contribution in [1.29, 1.82) is 0 Å². The first kappa shape index (κ1) is 26.4. The zero-order valence-corrected chi connectivity index (χ0v) is 21.4. The maximum absolute atomic E-state index is 6.88. The van der Waals surface area contributed by atoms with E-state index < -0.39 is 0 Å². The van der Waals surface area contributed by atoms with E-state index in [0.29, 0.717) is 26.4 Å². The lowest BCUT2D eigenvalue weighted by Gasteiger charge is -2.22. The largest absolute Gasteiger partial charge is 0.491 e. The molecule has 2 atom stereocenters. The Morgan fingerprint density at radius 3 is 2.31 bits per heavy atom. The summed E-state index contributed by atoms with van der Waals surface area (Å²) in [6, 6.07) is 28.8. The van der Waals surface area contributed by atoms with Crippen LogP contribution in [0.25, 0.3) is 11.6 Å². The topological polar surface area (TPSA) is 36.9 Å². The molecule has 5 heteroatoms. The van der Waals surface area contributed by atoms with E-state index >= 15 is 0 Å². The van der Waals surface area contributed by atoms with Gasteiger partial charge in [0.2, 0.25) is 0 Å². The molecule has 36 heavy (non-hydrogen) atoms. The van der Waals surface area contributed by atoms with Gasteiger partial charge in [-0.25, -0.2) is 0 Å². The molecule has 0 saturated carbocycles. The summed E-state index contributed by atoms with van der Waals surface area (Å²) in [5.41, 5.74) is 4.62. The van der Waals surface area contributed by atoms with Crippen LogP contribution in [0.15, 0.2) is 84.9 Å². The fourth-order valence-corrected chi connectivity index (χ4v) is 4.46. The molecule has 3 aromatic rings. The Hall–Kier alpha value is -2.63. The summed E-state index contributed by atoms with van der Waals surface area (Å²) in [5, 5.41) is -0.148. The molecule has 2 unspecified atom stereocenters. The van der Waals surface area contributed by atoms with Gasteiger partial charge in [0.1, 0.15) is 12.4 Å². The lowest BCUT2D eigenvalue weighted by molar-refractivity contribution is -0.169. The molecule has 0 radical (unpaired) electrons. The molecule has 1 heterocycles. The second-order valence-electron chi connectivity index (χ2n) is 8.81. The summed E-state index contributed by atoms with van der Waals surface area (Å²) in [5.74, 6) is 0.807. The molecule has 1 fully saturated rings. The molecule has 190 valence electrons. The highest BCUT2D eigenvalue weighted by Gasteiger charge is 2.14. The highest BCUT2D eigenvalue weighted by atomic mass is 35.5. The monoisotopic (exact) mass is 506 g/mol. The Balaban J connectivity index is 1.23. The first-order chi connectivity index (χ1) is 17.8. The molecule has 4 rings (SSSR count). The molecule has 1 aliphatic heterocycles. The van der Waals surface area contributed by atoms with Gasteiger partial charge in [-0.05, 0) is 60.1 Å². The molecular weight excluding hydrogens is 472 g/mol. The Kier molecular flexibility index (Phi) is 10.9. The number of hydrogen-bond donors (Lipinski definition) is 0. The predicted octanol–water partition coefficient (Wildman–Crippen LogP) is 7.54. The number of allylic oxidation sites excluding steroid dienone is 1. The Morgan fingerprint density at radius 1 is 0.861 bits per heavy atom. The zero-order valence-electron chi connectivity index (χ0n) is 20.7. The van der Waals surface area contributed by atoms with Crippen LogP contribution in [0.3, 0.4) is 0 Å². The summed E-state index contributed by atoms with van der Waals surface area (Å²) < 4.78 is 22.6. The van der Waals surface area contributed by atoms with E-state index in [1.165, 1.54) is 23.1 Å². The molecule has 0 bridgehead atoms. The van der Waals surface area contributed by atoms with Crippen LogP contribution in [0.4, 0.5) is 0 Å². The summed E-state index contributed by atoms with van der Waals surface area (Å²) in [6.45, 7) is 2.87. The molecular formula is C31H35ClO4. The first-order valence-electron chi connectivity index (χ1n) is 12.8. The minimum Gasteiger partial charge on any atom is -0.491 e. The van der Waals surface area contributed by atoms with Crippen molar-refractivity contribution in [3.63, 3.8) is 0 Å². The van der Waals surface area contributed by atoms with Gasteiger partial charge in [-0.15, -0.1) is 11.6 Å². The normalized spacial score (nSPS) is 17.0. The molecule has 1 aliphatic rings. The quantitative estimate of drug-likeness (QED) is 0.136. The number of alkyl halides is 1. The third kappa shape index (κ3) is 8.79. The van der Waals surface area contributed by atoms with Gasteiger partial charge in [0, 0.05) is 6.61 Å². The number of halogens is 1. The Labute approximate surface area is 219 Å². The van der Waals surface area contributed by atoms with Crippen LogP contribution in [-0.2, 0) is 14.2 Å². The smallest absolute Gasteiger partial charge is 0.157 e. The van der Waals surface area contributed by atoms with E-state index in [1.807, 2.05) is 36.4 Å². The van der Waals surface area contributed by atoms with E-state index in [4.69, 9.17) is 30.5 Å². The highest BCUT2D eigenvalue weighted by Crippen LogP contribution is 2.34. The Morgan fingerprint density at radius 2 is 1.58 bits per heavy atom. The first-order valence-corrected chi connectivity index (χ1v) is 13.2. The third-order valence-corrected chi connectivity index (χ3v) is 6.50. The molecule has 0 amide bonds. The van der Waals surface area contributed by atoms with Gasteiger partial charge in [0.25, 0.3) is 0 Å². The van der Waals surface area contributed by atoms with E-state index in [9.17, 15) is 0 Å². The van der Waals surface area contributed by atoms with Gasteiger partial charge < -0.3 is 18.9 Å². The Bertz CT molecular complexity index is 1030. The van der Waals surface area contributed by atoms with E-state index in [1.54, 1.807) is 0 Å². The number of benzene rings is 3. The molecule has 4 nitrogen and oxygen atoms in total. The number of rotatable bonds is 13. The molecule has 3 aromatic carbocycles. The van der Waals surface area contributed by atoms with Gasteiger partial charge in [-0.2, -0.15) is 0 Å². The van der Waals surface area contributed by atoms with E-state index in [2.05, 4.69) is 54.6 Å². The van der Waals surface area contributed by atoms with Crippen LogP contribution < -0.4 is 4.74 Å². The van der Waals surface area contributed by atoms with Crippen molar-refractivity contribution >= 4 is 23.3 Å². The van der Waals surface area contributed by atoms with E-state index in [0.717, 1.165) is 37.2 Å². The average molecular weight is 507 g/mol. The second-order valence-corrected chi connectivity index (χ2v) is 9.34. The van der Waals surface area contributed by atoms with Crippen molar-refractivity contribution in [2.75, 3.05) is 33.0 Å². The van der Waals surface area contributed by atoms with Gasteiger partial charge in [0.15, 0.2) is 6.29 Å². The predicted molar refractivity (Wildman–Crippen MR) is 146 cm³/mol. The van der Waals surface area contributed by atoms with Crippen molar-refractivity contribution in [2.24, 2.45) is 0 Å². The summed E-state index contributed by atoms with van der Waals surface area (Å²) in [4.78, 5) is 0. The maximum atomic E-state index is 6.88. The molecule has 0 aliphatic carbocycles. The van der Waals surface area contributed by atoms with Crippen molar-refractivity contribution in [1.82, 2.24) is 0 Å². The minimum absolute atomic E-state index is 0.0690. The summed E-state index contributed by atoms with van der Waals surface area (Å²) >= 11 is 6.88. The van der Waals surface area contributed by atoms with Crippen LogP contribution in [0.1, 0.15) is 47.8 Å². The van der Waals surface area contributed by atoms with Gasteiger partial charge in [-0.3, -0.25) is 0 Å². The number of ether oxygens (including phenoxy) is 4. The summed E-state index contributed by atoms with van der Waals surface area (Å²) in [7, 11) is 0. The van der Waals surface area contributed by atoms with Gasteiger partial charge >= 0.3 is 0 Å². The van der Waals surface area contributed by atoms with Crippen molar-refractivity contribution in [3.8, 4) is 5.75 Å².